The first-order valence-corrected chi connectivity index (χ1v) is 9.08. The predicted molar refractivity (Wildman–Crippen MR) is 106 cm³/mol. The van der Waals surface area contributed by atoms with Gasteiger partial charge >= 0.3 is 5.69 Å². The van der Waals surface area contributed by atoms with Gasteiger partial charge in [0, 0.05) is 49.1 Å². The molecule has 2 aromatic carbocycles. The van der Waals surface area contributed by atoms with Crippen LogP contribution in [0.2, 0.25) is 0 Å². The monoisotopic (exact) mass is 399 g/mol. The maximum absolute atomic E-state index is 12.5. The van der Waals surface area contributed by atoms with Gasteiger partial charge in [0.1, 0.15) is 0 Å². The van der Waals surface area contributed by atoms with Gasteiger partial charge in [-0.05, 0) is 37.3 Å². The summed E-state index contributed by atoms with van der Waals surface area (Å²) >= 11 is 0. The van der Waals surface area contributed by atoms with Gasteiger partial charge in [-0.2, -0.15) is 0 Å². The Balaban J connectivity index is 1.61. The molecular weight excluding hydrogens is 378 g/mol. The third kappa shape index (κ3) is 4.52. The summed E-state index contributed by atoms with van der Waals surface area (Å²) in [6.07, 6.45) is 0. The molecule has 0 spiro atoms. The van der Waals surface area contributed by atoms with Gasteiger partial charge in [0.05, 0.1) is 11.5 Å². The number of Topliss-reactive ketones (excluding diaryl/α,β-unsaturated/α-hetero) is 2. The summed E-state index contributed by atoms with van der Waals surface area (Å²) in [6, 6.07) is 9.39. The Morgan fingerprint density at radius 2 is 1.66 bits per heavy atom. The van der Waals surface area contributed by atoms with Crippen LogP contribution in [0, 0.1) is 10.1 Å². The topological polar surface area (TPSA) is 124 Å². The highest BCUT2D eigenvalue weighted by Gasteiger charge is 2.24. The van der Waals surface area contributed by atoms with Crippen molar-refractivity contribution in [2.24, 2.45) is 0 Å². The second-order valence-electron chi connectivity index (χ2n) is 6.91. The van der Waals surface area contributed by atoms with Gasteiger partial charge < -0.3 is 15.1 Å². The summed E-state index contributed by atoms with van der Waals surface area (Å²) in [6.45, 7) is 4.19. The Hall–Kier alpha value is -3.46. The second-order valence-corrected chi connectivity index (χ2v) is 6.91. The molecule has 1 aliphatic rings. The summed E-state index contributed by atoms with van der Waals surface area (Å²) in [4.78, 5) is 38.1. The number of phenolic OH excluding ortho intramolecular Hbond substituents is 2. The SMILES string of the molecule is CC(=O)c1ccc(N2CCN(CC(=O)c3cc(O)c(O)c([N+](=O)[O-])c3)CC2)cc1. The van der Waals surface area contributed by atoms with Crippen molar-refractivity contribution in [3.63, 3.8) is 0 Å². The van der Waals surface area contributed by atoms with E-state index in [4.69, 9.17) is 0 Å². The van der Waals surface area contributed by atoms with Gasteiger partial charge in [0.15, 0.2) is 17.3 Å². The van der Waals surface area contributed by atoms with E-state index in [1.165, 1.54) is 6.92 Å². The smallest absolute Gasteiger partial charge is 0.315 e. The van der Waals surface area contributed by atoms with Gasteiger partial charge in [-0.25, -0.2) is 0 Å². The molecular formula is C20H21N3O6. The summed E-state index contributed by atoms with van der Waals surface area (Å²) in [5, 5.41) is 30.2. The third-order valence-corrected chi connectivity index (χ3v) is 4.97. The number of benzene rings is 2. The molecule has 0 atom stereocenters. The molecule has 1 aliphatic heterocycles. The Bertz CT molecular complexity index is 949. The fourth-order valence-electron chi connectivity index (χ4n) is 3.27. The Morgan fingerprint density at radius 3 is 2.21 bits per heavy atom. The molecule has 0 radical (unpaired) electrons. The number of rotatable bonds is 6. The fraction of sp³-hybridized carbons (Fsp3) is 0.300. The quantitative estimate of drug-likeness (QED) is 0.328. The number of phenols is 2. The van der Waals surface area contributed by atoms with Gasteiger partial charge in [0.25, 0.3) is 0 Å². The third-order valence-electron chi connectivity index (χ3n) is 4.97. The molecule has 29 heavy (non-hydrogen) atoms. The number of piperazine rings is 1. The molecule has 152 valence electrons. The van der Waals surface area contributed by atoms with Crippen LogP contribution in [0.1, 0.15) is 27.6 Å². The number of hydrogen-bond donors (Lipinski definition) is 2. The number of ketones is 2. The summed E-state index contributed by atoms with van der Waals surface area (Å²) in [5.74, 6) is -1.90. The van der Waals surface area contributed by atoms with Crippen molar-refractivity contribution in [2.45, 2.75) is 6.92 Å². The first kappa shape index (κ1) is 20.3. The summed E-state index contributed by atoms with van der Waals surface area (Å²) < 4.78 is 0. The largest absolute Gasteiger partial charge is 0.504 e. The highest BCUT2D eigenvalue weighted by atomic mass is 16.6. The molecule has 1 fully saturated rings. The zero-order valence-corrected chi connectivity index (χ0v) is 15.9. The highest BCUT2D eigenvalue weighted by molar-refractivity contribution is 5.99. The minimum atomic E-state index is -0.851. The molecule has 2 N–H and O–H groups in total. The van der Waals surface area contributed by atoms with E-state index in [-0.39, 0.29) is 23.7 Å². The fourth-order valence-corrected chi connectivity index (χ4v) is 3.27. The molecule has 3 rings (SSSR count). The van der Waals surface area contributed by atoms with Crippen molar-refractivity contribution < 1.29 is 24.7 Å². The first-order valence-electron chi connectivity index (χ1n) is 9.08. The summed E-state index contributed by atoms with van der Waals surface area (Å²) in [7, 11) is 0. The molecule has 0 aliphatic carbocycles. The van der Waals surface area contributed by atoms with Crippen LogP contribution in [0.25, 0.3) is 0 Å². The van der Waals surface area contributed by atoms with Gasteiger partial charge in [-0.3, -0.25) is 24.6 Å². The van der Waals surface area contributed by atoms with E-state index in [0.29, 0.717) is 31.7 Å². The number of carbonyl (C=O) groups excluding carboxylic acids is 2. The van der Waals surface area contributed by atoms with E-state index in [1.54, 1.807) is 12.1 Å². The van der Waals surface area contributed by atoms with Crippen molar-refractivity contribution >= 4 is 22.9 Å². The number of anilines is 1. The first-order chi connectivity index (χ1) is 13.8. The number of nitrogens with zero attached hydrogens (tertiary/aromatic N) is 3. The molecule has 9 nitrogen and oxygen atoms in total. The van der Waals surface area contributed by atoms with Crippen LogP contribution in [0.5, 0.6) is 11.5 Å². The lowest BCUT2D eigenvalue weighted by atomic mass is 10.1. The molecule has 0 saturated carbocycles. The second kappa shape index (κ2) is 8.27. The standard InChI is InChI=1S/C20H21N3O6/c1-13(24)14-2-4-16(5-3-14)22-8-6-21(7-9-22)12-19(26)15-10-17(23(28)29)20(27)18(25)11-15/h2-5,10-11,25,27H,6-9,12H2,1H3. The summed E-state index contributed by atoms with van der Waals surface area (Å²) in [5.41, 5.74) is 0.936. The van der Waals surface area contributed by atoms with Crippen LogP contribution in [0.15, 0.2) is 36.4 Å². The van der Waals surface area contributed by atoms with Crippen LogP contribution in [0.4, 0.5) is 11.4 Å². The number of nitro groups is 1. The molecule has 1 saturated heterocycles. The van der Waals surface area contributed by atoms with E-state index < -0.39 is 22.1 Å². The van der Waals surface area contributed by atoms with Gasteiger partial charge in [-0.15, -0.1) is 0 Å². The van der Waals surface area contributed by atoms with Crippen molar-refractivity contribution in [1.29, 1.82) is 0 Å². The van der Waals surface area contributed by atoms with Crippen molar-refractivity contribution in [3.05, 3.63) is 57.6 Å². The van der Waals surface area contributed by atoms with Gasteiger partial charge in [-0.1, -0.05) is 0 Å². The van der Waals surface area contributed by atoms with E-state index >= 15 is 0 Å². The molecule has 0 bridgehead atoms. The zero-order chi connectivity index (χ0) is 21.1. The van der Waals surface area contributed by atoms with E-state index in [9.17, 15) is 29.9 Å². The van der Waals surface area contributed by atoms with E-state index in [1.807, 2.05) is 17.0 Å². The minimum absolute atomic E-state index is 0.0142. The van der Waals surface area contributed by atoms with E-state index in [2.05, 4.69) is 4.90 Å². The van der Waals surface area contributed by atoms with Crippen LogP contribution in [0.3, 0.4) is 0 Å². The van der Waals surface area contributed by atoms with Crippen molar-refractivity contribution in [3.8, 4) is 11.5 Å². The zero-order valence-electron chi connectivity index (χ0n) is 15.9. The molecule has 1 heterocycles. The van der Waals surface area contributed by atoms with Crippen LogP contribution in [-0.2, 0) is 0 Å². The minimum Gasteiger partial charge on any atom is -0.504 e. The number of hydrogen-bond acceptors (Lipinski definition) is 8. The average molecular weight is 399 g/mol. The Morgan fingerprint density at radius 1 is 1.03 bits per heavy atom. The average Bonchev–Trinajstić information content (AvgIpc) is 2.70. The lowest BCUT2D eigenvalue weighted by molar-refractivity contribution is -0.386. The molecule has 0 aromatic heterocycles. The Kier molecular flexibility index (Phi) is 5.79. The molecule has 2 aromatic rings. The molecule has 0 unspecified atom stereocenters. The number of nitro benzene ring substituents is 1. The highest BCUT2D eigenvalue weighted by Crippen LogP contribution is 2.36. The van der Waals surface area contributed by atoms with Crippen LogP contribution >= 0.6 is 0 Å². The lowest BCUT2D eigenvalue weighted by Gasteiger charge is -2.35. The maximum atomic E-state index is 12.5. The predicted octanol–water partition coefficient (Wildman–Crippen LogP) is 2.21. The van der Waals surface area contributed by atoms with Crippen LogP contribution < -0.4 is 4.90 Å². The van der Waals surface area contributed by atoms with Crippen LogP contribution in [-0.4, -0.2) is 64.3 Å². The van der Waals surface area contributed by atoms with Crippen molar-refractivity contribution in [2.75, 3.05) is 37.6 Å². The number of carbonyl (C=O) groups is 2. The van der Waals surface area contributed by atoms with Gasteiger partial charge in [0.2, 0.25) is 5.75 Å². The Labute approximate surface area is 166 Å². The van der Waals surface area contributed by atoms with Crippen molar-refractivity contribution in [1.82, 2.24) is 4.90 Å². The number of aromatic hydroxyl groups is 2. The molecule has 9 heteroatoms. The van der Waals surface area contributed by atoms with E-state index in [0.717, 1.165) is 17.8 Å². The lowest BCUT2D eigenvalue weighted by Crippen LogP contribution is -2.48. The molecule has 0 amide bonds. The normalized spacial score (nSPS) is 14.6. The maximum Gasteiger partial charge on any atom is 0.315 e.